The minimum atomic E-state index is 0.0910. The molecule has 1 N–H and O–H groups in total. The molecule has 0 spiro atoms. The summed E-state index contributed by atoms with van der Waals surface area (Å²) in [6.07, 6.45) is 1.77. The Hall–Kier alpha value is -1.24. The fourth-order valence-electron chi connectivity index (χ4n) is 2.68. The molecule has 1 saturated heterocycles. The number of rotatable bonds is 4. The number of aliphatic hydroxyl groups excluding tert-OH is 1. The summed E-state index contributed by atoms with van der Waals surface area (Å²) < 4.78 is 0. The van der Waals surface area contributed by atoms with Crippen LogP contribution in [0.25, 0.3) is 9.88 Å². The van der Waals surface area contributed by atoms with Gasteiger partial charge in [-0.2, -0.15) is 0 Å². The van der Waals surface area contributed by atoms with Crippen LogP contribution in [-0.2, 0) is 0 Å². The van der Waals surface area contributed by atoms with Crippen LogP contribution >= 0.6 is 22.7 Å². The molecule has 112 valence electrons. The van der Waals surface area contributed by atoms with E-state index in [1.807, 2.05) is 29.3 Å². The molecular weight excluding hydrogens is 304 g/mol. The average Bonchev–Trinajstić information content (AvgIpc) is 3.17. The highest BCUT2D eigenvalue weighted by molar-refractivity contribution is 7.22. The standard InChI is InChI=1S/C15H18N2O2S2/c1-10-13(21-14(16-10)12-3-2-8-20-12)15(19)17-6-4-11(9-17)5-7-18/h2-3,8,11,18H,4-7,9H2,1H3. The fourth-order valence-corrected chi connectivity index (χ4v) is 4.51. The van der Waals surface area contributed by atoms with Crippen molar-refractivity contribution in [1.82, 2.24) is 9.88 Å². The van der Waals surface area contributed by atoms with E-state index in [0.29, 0.717) is 5.92 Å². The molecule has 1 aliphatic heterocycles. The van der Waals surface area contributed by atoms with Crippen LogP contribution in [0.3, 0.4) is 0 Å². The van der Waals surface area contributed by atoms with Crippen LogP contribution in [0.15, 0.2) is 17.5 Å². The van der Waals surface area contributed by atoms with E-state index in [1.165, 1.54) is 11.3 Å². The molecule has 1 amide bonds. The van der Waals surface area contributed by atoms with Gasteiger partial charge < -0.3 is 10.0 Å². The lowest BCUT2D eigenvalue weighted by molar-refractivity contribution is 0.0788. The minimum absolute atomic E-state index is 0.0910. The van der Waals surface area contributed by atoms with E-state index >= 15 is 0 Å². The molecule has 21 heavy (non-hydrogen) atoms. The lowest BCUT2D eigenvalue weighted by Gasteiger charge is -2.15. The summed E-state index contributed by atoms with van der Waals surface area (Å²) in [6, 6.07) is 4.03. The maximum atomic E-state index is 12.6. The van der Waals surface area contributed by atoms with Gasteiger partial charge in [-0.15, -0.1) is 22.7 Å². The highest BCUT2D eigenvalue weighted by atomic mass is 32.1. The Morgan fingerprint density at radius 2 is 2.43 bits per heavy atom. The third kappa shape index (κ3) is 3.02. The summed E-state index contributed by atoms with van der Waals surface area (Å²) in [5.74, 6) is 0.525. The van der Waals surface area contributed by atoms with E-state index < -0.39 is 0 Å². The quantitative estimate of drug-likeness (QED) is 0.941. The predicted octanol–water partition coefficient (Wildman–Crippen LogP) is 3.02. The molecule has 0 aliphatic carbocycles. The molecule has 0 aromatic carbocycles. The third-order valence-corrected chi connectivity index (χ3v) is 6.02. The molecule has 0 radical (unpaired) electrons. The first-order valence-electron chi connectivity index (χ1n) is 7.10. The van der Waals surface area contributed by atoms with Crippen molar-refractivity contribution in [3.63, 3.8) is 0 Å². The summed E-state index contributed by atoms with van der Waals surface area (Å²) >= 11 is 3.13. The predicted molar refractivity (Wildman–Crippen MR) is 85.9 cm³/mol. The number of thiazole rings is 1. The molecule has 3 heterocycles. The van der Waals surface area contributed by atoms with Crippen LogP contribution in [0.2, 0.25) is 0 Å². The topological polar surface area (TPSA) is 53.4 Å². The fraction of sp³-hybridized carbons (Fsp3) is 0.467. The molecular formula is C15H18N2O2S2. The number of likely N-dealkylation sites (tertiary alicyclic amines) is 1. The summed E-state index contributed by atoms with van der Waals surface area (Å²) in [5.41, 5.74) is 0.819. The zero-order chi connectivity index (χ0) is 14.8. The van der Waals surface area contributed by atoms with Gasteiger partial charge >= 0.3 is 0 Å². The normalized spacial score (nSPS) is 18.4. The van der Waals surface area contributed by atoms with Crippen molar-refractivity contribution >= 4 is 28.6 Å². The van der Waals surface area contributed by atoms with E-state index in [2.05, 4.69) is 4.98 Å². The number of hydrogen-bond donors (Lipinski definition) is 1. The summed E-state index contributed by atoms with van der Waals surface area (Å²) in [7, 11) is 0. The van der Waals surface area contributed by atoms with Crippen molar-refractivity contribution < 1.29 is 9.90 Å². The van der Waals surface area contributed by atoms with Crippen LogP contribution < -0.4 is 0 Å². The van der Waals surface area contributed by atoms with Crippen LogP contribution in [0, 0.1) is 12.8 Å². The van der Waals surface area contributed by atoms with Gasteiger partial charge in [-0.1, -0.05) is 6.07 Å². The molecule has 1 unspecified atom stereocenters. The number of carbonyl (C=O) groups excluding carboxylic acids is 1. The highest BCUT2D eigenvalue weighted by Crippen LogP contribution is 2.32. The van der Waals surface area contributed by atoms with Crippen molar-refractivity contribution in [3.8, 4) is 9.88 Å². The van der Waals surface area contributed by atoms with Crippen LogP contribution in [0.1, 0.15) is 28.2 Å². The maximum Gasteiger partial charge on any atom is 0.265 e. The summed E-state index contributed by atoms with van der Waals surface area (Å²) in [5, 5.41) is 12.0. The van der Waals surface area contributed by atoms with Gasteiger partial charge in [-0.05, 0) is 37.1 Å². The van der Waals surface area contributed by atoms with Crippen LogP contribution in [0.4, 0.5) is 0 Å². The largest absolute Gasteiger partial charge is 0.396 e. The number of nitrogens with zero attached hydrogens (tertiary/aromatic N) is 2. The first-order chi connectivity index (χ1) is 10.2. The minimum Gasteiger partial charge on any atom is -0.396 e. The Morgan fingerprint density at radius 1 is 1.57 bits per heavy atom. The average molecular weight is 322 g/mol. The zero-order valence-electron chi connectivity index (χ0n) is 11.9. The monoisotopic (exact) mass is 322 g/mol. The smallest absolute Gasteiger partial charge is 0.265 e. The van der Waals surface area contributed by atoms with Crippen LogP contribution in [0.5, 0.6) is 0 Å². The van der Waals surface area contributed by atoms with Crippen molar-refractivity contribution in [3.05, 3.63) is 28.1 Å². The maximum absolute atomic E-state index is 12.6. The molecule has 3 rings (SSSR count). The number of aryl methyl sites for hydroxylation is 1. The molecule has 1 fully saturated rings. The first-order valence-corrected chi connectivity index (χ1v) is 8.80. The van der Waals surface area contributed by atoms with E-state index in [1.54, 1.807) is 11.3 Å². The van der Waals surface area contributed by atoms with Crippen molar-refractivity contribution in [2.24, 2.45) is 5.92 Å². The van der Waals surface area contributed by atoms with E-state index in [9.17, 15) is 4.79 Å². The number of amides is 1. The van der Waals surface area contributed by atoms with Crippen molar-refractivity contribution in [1.29, 1.82) is 0 Å². The molecule has 4 nitrogen and oxygen atoms in total. The second kappa shape index (κ2) is 6.25. The Balaban J connectivity index is 1.76. The van der Waals surface area contributed by atoms with E-state index in [4.69, 9.17) is 5.11 Å². The van der Waals surface area contributed by atoms with Crippen LogP contribution in [-0.4, -0.2) is 40.6 Å². The second-order valence-corrected chi connectivity index (χ2v) is 7.28. The summed E-state index contributed by atoms with van der Waals surface area (Å²) in [6.45, 7) is 3.65. The van der Waals surface area contributed by atoms with Gasteiger partial charge in [-0.3, -0.25) is 4.79 Å². The van der Waals surface area contributed by atoms with Gasteiger partial charge in [0.15, 0.2) is 0 Å². The number of carbonyl (C=O) groups is 1. The number of thiophene rings is 1. The Bertz CT molecular complexity index is 622. The number of hydrogen-bond acceptors (Lipinski definition) is 5. The van der Waals surface area contributed by atoms with Gasteiger partial charge in [-0.25, -0.2) is 4.98 Å². The van der Waals surface area contributed by atoms with E-state index in [-0.39, 0.29) is 12.5 Å². The first kappa shape index (κ1) is 14.7. The Morgan fingerprint density at radius 3 is 3.14 bits per heavy atom. The van der Waals surface area contributed by atoms with Crippen molar-refractivity contribution in [2.75, 3.05) is 19.7 Å². The van der Waals surface area contributed by atoms with Gasteiger partial charge in [0.25, 0.3) is 5.91 Å². The molecule has 1 atom stereocenters. The zero-order valence-corrected chi connectivity index (χ0v) is 13.5. The molecule has 1 aliphatic rings. The molecule has 6 heteroatoms. The van der Waals surface area contributed by atoms with E-state index in [0.717, 1.165) is 46.4 Å². The third-order valence-electron chi connectivity index (χ3n) is 3.83. The van der Waals surface area contributed by atoms with Gasteiger partial charge in [0, 0.05) is 19.7 Å². The Kier molecular flexibility index (Phi) is 4.37. The second-order valence-electron chi connectivity index (χ2n) is 5.33. The van der Waals surface area contributed by atoms with Gasteiger partial charge in [0.1, 0.15) is 9.88 Å². The van der Waals surface area contributed by atoms with Crippen molar-refractivity contribution in [2.45, 2.75) is 19.8 Å². The summed E-state index contributed by atoms with van der Waals surface area (Å²) in [4.78, 5) is 20.9. The lowest BCUT2D eigenvalue weighted by Crippen LogP contribution is -2.28. The molecule has 0 saturated carbocycles. The Labute approximate surface area is 132 Å². The molecule has 2 aromatic rings. The van der Waals surface area contributed by atoms with Gasteiger partial charge in [0.05, 0.1) is 10.6 Å². The number of aromatic nitrogens is 1. The SMILES string of the molecule is Cc1nc(-c2cccs2)sc1C(=O)N1CCC(CCO)C1. The number of aliphatic hydroxyl groups is 1. The molecule has 0 bridgehead atoms. The lowest BCUT2D eigenvalue weighted by atomic mass is 10.1. The highest BCUT2D eigenvalue weighted by Gasteiger charge is 2.29. The molecule has 2 aromatic heterocycles. The van der Waals surface area contributed by atoms with Gasteiger partial charge in [0.2, 0.25) is 0 Å².